The van der Waals surface area contributed by atoms with E-state index in [0.29, 0.717) is 5.92 Å². The Morgan fingerprint density at radius 3 is 2.58 bits per heavy atom. The molecule has 0 spiro atoms. The Morgan fingerprint density at radius 2 is 2.00 bits per heavy atom. The normalized spacial score (nSPS) is 25.3. The summed E-state index contributed by atoms with van der Waals surface area (Å²) in [6.07, 6.45) is 5.40. The number of benzene rings is 1. The zero-order chi connectivity index (χ0) is 13.8. The molecule has 2 rings (SSSR count). The zero-order valence-corrected chi connectivity index (χ0v) is 11.3. The molecule has 0 aliphatic heterocycles. The fourth-order valence-corrected chi connectivity index (χ4v) is 3.27. The highest BCUT2D eigenvalue weighted by molar-refractivity contribution is 5.24. The van der Waals surface area contributed by atoms with Gasteiger partial charge in [-0.2, -0.15) is 0 Å². The molecule has 1 saturated carbocycles. The summed E-state index contributed by atoms with van der Waals surface area (Å²) in [4.78, 5) is 0. The van der Waals surface area contributed by atoms with Crippen molar-refractivity contribution in [3.8, 4) is 0 Å². The number of hydrazine groups is 1. The van der Waals surface area contributed by atoms with Crippen LogP contribution in [-0.2, 0) is 0 Å². The van der Waals surface area contributed by atoms with Gasteiger partial charge in [0.25, 0.3) is 0 Å². The first-order chi connectivity index (χ1) is 9.17. The number of rotatable bonds is 4. The van der Waals surface area contributed by atoms with Gasteiger partial charge in [-0.3, -0.25) is 11.3 Å². The molecule has 0 amide bonds. The van der Waals surface area contributed by atoms with E-state index in [-0.39, 0.29) is 11.5 Å². The van der Waals surface area contributed by atoms with Crippen molar-refractivity contribution in [3.63, 3.8) is 0 Å². The van der Waals surface area contributed by atoms with E-state index < -0.39 is 17.7 Å². The minimum absolute atomic E-state index is 0.0896. The number of hydrogen-bond acceptors (Lipinski definition) is 2. The highest BCUT2D eigenvalue weighted by Gasteiger charge is 2.31. The van der Waals surface area contributed by atoms with E-state index in [1.807, 2.05) is 0 Å². The summed E-state index contributed by atoms with van der Waals surface area (Å²) in [5.74, 6) is 5.40. The third kappa shape index (κ3) is 3.12. The average Bonchev–Trinajstić information content (AvgIpc) is 2.43. The Morgan fingerprint density at radius 1 is 1.32 bits per heavy atom. The van der Waals surface area contributed by atoms with Gasteiger partial charge in [-0.15, -0.1) is 0 Å². The average molecular weight is 268 g/mol. The van der Waals surface area contributed by atoms with Crippen LogP contribution in [0.25, 0.3) is 0 Å². The van der Waals surface area contributed by atoms with Gasteiger partial charge < -0.3 is 0 Å². The van der Waals surface area contributed by atoms with Crippen LogP contribution in [0.5, 0.6) is 0 Å². The summed E-state index contributed by atoms with van der Waals surface area (Å²) in [5.41, 5.74) is 2.72. The fourth-order valence-electron chi connectivity index (χ4n) is 3.27. The van der Waals surface area contributed by atoms with Crippen LogP contribution >= 0.6 is 0 Å². The molecule has 19 heavy (non-hydrogen) atoms. The van der Waals surface area contributed by atoms with Gasteiger partial charge >= 0.3 is 0 Å². The largest absolute Gasteiger partial charge is 0.271 e. The molecule has 1 aromatic rings. The number of nitrogens with two attached hydrogens (primary N) is 1. The number of nitrogens with one attached hydrogen (secondary N) is 1. The molecule has 2 nitrogen and oxygen atoms in total. The molecule has 0 heterocycles. The Balaban J connectivity index is 2.24. The van der Waals surface area contributed by atoms with Gasteiger partial charge in [0.05, 0.1) is 6.04 Å². The summed E-state index contributed by atoms with van der Waals surface area (Å²) in [6, 6.07) is 3.54. The van der Waals surface area contributed by atoms with Gasteiger partial charge in [0.2, 0.25) is 0 Å². The van der Waals surface area contributed by atoms with E-state index in [2.05, 4.69) is 12.3 Å². The maximum Gasteiger partial charge on any atom is 0.130 e. The fraction of sp³-hybridized carbons (Fsp3) is 0.600. The molecule has 106 valence electrons. The Bertz CT molecular complexity index is 402. The van der Waals surface area contributed by atoms with Crippen molar-refractivity contribution < 1.29 is 8.78 Å². The maximum atomic E-state index is 13.9. The molecule has 0 bridgehead atoms. The van der Waals surface area contributed by atoms with Crippen molar-refractivity contribution in [2.75, 3.05) is 0 Å². The van der Waals surface area contributed by atoms with Crippen LogP contribution in [0.4, 0.5) is 8.78 Å². The number of halogens is 2. The van der Waals surface area contributed by atoms with Crippen LogP contribution in [-0.4, -0.2) is 0 Å². The predicted molar refractivity (Wildman–Crippen MR) is 72.2 cm³/mol. The van der Waals surface area contributed by atoms with Crippen LogP contribution in [0.3, 0.4) is 0 Å². The lowest BCUT2D eigenvalue weighted by atomic mass is 9.75. The molecule has 1 aliphatic rings. The summed E-state index contributed by atoms with van der Waals surface area (Å²) in [7, 11) is 0. The molecular weight excluding hydrogens is 246 g/mol. The highest BCUT2D eigenvalue weighted by Crippen LogP contribution is 2.39. The minimum atomic E-state index is -0.512. The van der Waals surface area contributed by atoms with Crippen LogP contribution < -0.4 is 11.3 Å². The van der Waals surface area contributed by atoms with Crippen molar-refractivity contribution in [1.29, 1.82) is 0 Å². The second-order valence-corrected chi connectivity index (χ2v) is 5.48. The second-order valence-electron chi connectivity index (χ2n) is 5.48. The van der Waals surface area contributed by atoms with Crippen molar-refractivity contribution in [1.82, 2.24) is 5.43 Å². The lowest BCUT2D eigenvalue weighted by molar-refractivity contribution is 0.204. The number of hydrogen-bond donors (Lipinski definition) is 2. The molecule has 4 heteroatoms. The van der Waals surface area contributed by atoms with Gasteiger partial charge in [0, 0.05) is 5.56 Å². The molecular formula is C15H22F2N2. The monoisotopic (exact) mass is 268 g/mol. The molecule has 1 fully saturated rings. The van der Waals surface area contributed by atoms with Crippen molar-refractivity contribution in [2.24, 2.45) is 17.7 Å². The van der Waals surface area contributed by atoms with Gasteiger partial charge in [0.1, 0.15) is 11.6 Å². The topological polar surface area (TPSA) is 38.0 Å². The molecule has 0 saturated heterocycles. The van der Waals surface area contributed by atoms with E-state index >= 15 is 0 Å². The maximum absolute atomic E-state index is 13.9. The molecule has 3 N–H and O–H groups in total. The lowest BCUT2D eigenvalue weighted by Crippen LogP contribution is -2.37. The van der Waals surface area contributed by atoms with Gasteiger partial charge in [-0.25, -0.2) is 8.78 Å². The standard InChI is InChI=1S/C15H22F2N2/c1-2-10-5-3-6-11(9-10)15(19-18)14-12(16)7-4-8-13(14)17/h4,7-8,10-11,15,19H,2-3,5-6,9,18H2,1H3. The van der Waals surface area contributed by atoms with Crippen LogP contribution in [0.2, 0.25) is 0 Å². The third-order valence-electron chi connectivity index (χ3n) is 4.36. The van der Waals surface area contributed by atoms with E-state index in [0.717, 1.165) is 25.7 Å². The van der Waals surface area contributed by atoms with E-state index in [1.54, 1.807) is 0 Å². The van der Waals surface area contributed by atoms with Crippen molar-refractivity contribution in [3.05, 3.63) is 35.4 Å². The zero-order valence-electron chi connectivity index (χ0n) is 11.3. The minimum Gasteiger partial charge on any atom is -0.271 e. The molecule has 1 aromatic carbocycles. The SMILES string of the molecule is CCC1CCCC(C(NN)c2c(F)cccc2F)C1. The smallest absolute Gasteiger partial charge is 0.130 e. The van der Waals surface area contributed by atoms with E-state index in [1.165, 1.54) is 24.6 Å². The van der Waals surface area contributed by atoms with E-state index in [9.17, 15) is 8.78 Å². The highest BCUT2D eigenvalue weighted by atomic mass is 19.1. The predicted octanol–water partition coefficient (Wildman–Crippen LogP) is 3.69. The lowest BCUT2D eigenvalue weighted by Gasteiger charge is -2.34. The van der Waals surface area contributed by atoms with Gasteiger partial charge in [0.15, 0.2) is 0 Å². The van der Waals surface area contributed by atoms with Crippen LogP contribution in [0, 0.1) is 23.5 Å². The summed E-state index contributed by atoms with van der Waals surface area (Å²) in [6.45, 7) is 2.17. The van der Waals surface area contributed by atoms with E-state index in [4.69, 9.17) is 5.84 Å². The van der Waals surface area contributed by atoms with Crippen LogP contribution in [0.1, 0.15) is 50.6 Å². The van der Waals surface area contributed by atoms with Crippen LogP contribution in [0.15, 0.2) is 18.2 Å². The Kier molecular flexibility index (Phi) is 4.88. The Hall–Kier alpha value is -1.00. The molecule has 3 unspecified atom stereocenters. The molecule has 1 aliphatic carbocycles. The molecule has 0 radical (unpaired) electrons. The van der Waals surface area contributed by atoms with Gasteiger partial charge in [-0.1, -0.05) is 32.3 Å². The first-order valence-corrected chi connectivity index (χ1v) is 7.07. The second kappa shape index (κ2) is 6.44. The summed E-state index contributed by atoms with van der Waals surface area (Å²) >= 11 is 0. The van der Waals surface area contributed by atoms with Crippen molar-refractivity contribution >= 4 is 0 Å². The molecule has 3 atom stereocenters. The summed E-state index contributed by atoms with van der Waals surface area (Å²) in [5, 5.41) is 0. The van der Waals surface area contributed by atoms with Gasteiger partial charge in [-0.05, 0) is 36.8 Å². The summed E-state index contributed by atoms with van der Waals surface area (Å²) < 4.78 is 27.8. The Labute approximate surface area is 113 Å². The molecule has 0 aromatic heterocycles. The van der Waals surface area contributed by atoms with Crippen molar-refractivity contribution in [2.45, 2.75) is 45.1 Å². The quantitative estimate of drug-likeness (QED) is 0.645. The first kappa shape index (κ1) is 14.4. The first-order valence-electron chi connectivity index (χ1n) is 7.07. The third-order valence-corrected chi connectivity index (χ3v) is 4.36.